The number of benzene rings is 1. The molecular weight excluding hydrogens is 260 g/mol. The monoisotopic (exact) mass is 274 g/mol. The molecule has 0 fully saturated rings. The molecule has 0 aliphatic rings. The van der Waals surface area contributed by atoms with Crippen molar-refractivity contribution in [1.29, 1.82) is 0 Å². The maximum Gasteiger partial charge on any atom is 0.337 e. The molecule has 1 heterocycles. The Balaban J connectivity index is 1.92. The fourth-order valence-corrected chi connectivity index (χ4v) is 1.60. The zero-order valence-corrected chi connectivity index (χ0v) is 10.9. The highest BCUT2D eigenvalue weighted by Gasteiger charge is 2.07. The van der Waals surface area contributed by atoms with Crippen LogP contribution in [0.25, 0.3) is 0 Å². The van der Waals surface area contributed by atoms with Gasteiger partial charge in [-0.2, -0.15) is 0 Å². The SMILES string of the molecule is COC(=O)c1cccc(NC(=O)NCc2ccco2)c1. The van der Waals surface area contributed by atoms with E-state index in [1.807, 2.05) is 0 Å². The Bertz CT molecular complexity index is 593. The minimum Gasteiger partial charge on any atom is -0.467 e. The molecule has 0 radical (unpaired) electrons. The first-order valence-corrected chi connectivity index (χ1v) is 5.94. The number of carbonyl (C=O) groups excluding carboxylic acids is 2. The van der Waals surface area contributed by atoms with Crippen LogP contribution in [0.3, 0.4) is 0 Å². The molecule has 2 amide bonds. The second-order valence-electron chi connectivity index (χ2n) is 3.96. The summed E-state index contributed by atoms with van der Waals surface area (Å²) in [7, 11) is 1.30. The van der Waals surface area contributed by atoms with E-state index in [4.69, 9.17) is 4.42 Å². The van der Waals surface area contributed by atoms with Crippen LogP contribution in [0.2, 0.25) is 0 Å². The number of hydrogen-bond acceptors (Lipinski definition) is 4. The van der Waals surface area contributed by atoms with Crippen molar-refractivity contribution in [1.82, 2.24) is 5.32 Å². The number of rotatable bonds is 4. The zero-order valence-electron chi connectivity index (χ0n) is 10.9. The van der Waals surface area contributed by atoms with Crippen LogP contribution in [0.15, 0.2) is 47.1 Å². The highest BCUT2D eigenvalue weighted by atomic mass is 16.5. The summed E-state index contributed by atoms with van der Waals surface area (Å²) in [6.45, 7) is 0.287. The second-order valence-corrected chi connectivity index (χ2v) is 3.96. The van der Waals surface area contributed by atoms with Crippen LogP contribution in [0.1, 0.15) is 16.1 Å². The fourth-order valence-electron chi connectivity index (χ4n) is 1.60. The van der Waals surface area contributed by atoms with E-state index in [1.54, 1.807) is 30.3 Å². The Labute approximate surface area is 115 Å². The molecule has 1 aromatic carbocycles. The summed E-state index contributed by atoms with van der Waals surface area (Å²) in [6.07, 6.45) is 1.54. The lowest BCUT2D eigenvalue weighted by Crippen LogP contribution is -2.28. The number of anilines is 1. The van der Waals surface area contributed by atoms with Crippen molar-refractivity contribution >= 4 is 17.7 Å². The molecular formula is C14H14N2O4. The van der Waals surface area contributed by atoms with Crippen LogP contribution in [0.4, 0.5) is 10.5 Å². The van der Waals surface area contributed by atoms with Gasteiger partial charge in [-0.1, -0.05) is 6.07 Å². The normalized spacial score (nSPS) is 9.85. The molecule has 6 heteroatoms. The predicted molar refractivity (Wildman–Crippen MR) is 72.3 cm³/mol. The minimum atomic E-state index is -0.454. The van der Waals surface area contributed by atoms with Gasteiger partial charge in [0.15, 0.2) is 0 Å². The van der Waals surface area contributed by atoms with E-state index in [9.17, 15) is 9.59 Å². The number of hydrogen-bond donors (Lipinski definition) is 2. The molecule has 2 rings (SSSR count). The van der Waals surface area contributed by atoms with E-state index >= 15 is 0 Å². The van der Waals surface area contributed by atoms with E-state index in [0.29, 0.717) is 17.0 Å². The average Bonchev–Trinajstić information content (AvgIpc) is 2.98. The van der Waals surface area contributed by atoms with Crippen LogP contribution in [0, 0.1) is 0 Å². The molecule has 0 unspecified atom stereocenters. The Morgan fingerprint density at radius 2 is 2.10 bits per heavy atom. The van der Waals surface area contributed by atoms with Gasteiger partial charge in [-0.05, 0) is 30.3 Å². The van der Waals surface area contributed by atoms with Crippen molar-refractivity contribution < 1.29 is 18.7 Å². The van der Waals surface area contributed by atoms with Crippen molar-refractivity contribution in [2.24, 2.45) is 0 Å². The first-order valence-electron chi connectivity index (χ1n) is 5.94. The zero-order chi connectivity index (χ0) is 14.4. The number of methoxy groups -OCH3 is 1. The van der Waals surface area contributed by atoms with Gasteiger partial charge in [0.05, 0.1) is 25.5 Å². The first kappa shape index (κ1) is 13.7. The molecule has 6 nitrogen and oxygen atoms in total. The third-order valence-electron chi connectivity index (χ3n) is 2.54. The number of ether oxygens (including phenoxy) is 1. The Kier molecular flexibility index (Phi) is 4.39. The van der Waals surface area contributed by atoms with E-state index in [0.717, 1.165) is 0 Å². The van der Waals surface area contributed by atoms with Gasteiger partial charge in [0.1, 0.15) is 5.76 Å². The minimum absolute atomic E-state index is 0.287. The van der Waals surface area contributed by atoms with Crippen LogP contribution in [-0.2, 0) is 11.3 Å². The number of urea groups is 1. The van der Waals surface area contributed by atoms with Gasteiger partial charge in [0.25, 0.3) is 0 Å². The van der Waals surface area contributed by atoms with E-state index in [1.165, 1.54) is 19.4 Å². The van der Waals surface area contributed by atoms with Crippen molar-refractivity contribution in [3.63, 3.8) is 0 Å². The maximum atomic E-state index is 11.7. The van der Waals surface area contributed by atoms with Crippen molar-refractivity contribution in [3.05, 3.63) is 54.0 Å². The van der Waals surface area contributed by atoms with Crippen LogP contribution < -0.4 is 10.6 Å². The number of esters is 1. The van der Waals surface area contributed by atoms with Gasteiger partial charge in [-0.15, -0.1) is 0 Å². The molecule has 0 atom stereocenters. The summed E-state index contributed by atoms with van der Waals surface area (Å²) in [6, 6.07) is 9.61. The summed E-state index contributed by atoms with van der Waals surface area (Å²) in [5, 5.41) is 5.26. The lowest BCUT2D eigenvalue weighted by atomic mass is 10.2. The van der Waals surface area contributed by atoms with Crippen LogP contribution >= 0.6 is 0 Å². The van der Waals surface area contributed by atoms with Gasteiger partial charge in [0, 0.05) is 5.69 Å². The summed E-state index contributed by atoms with van der Waals surface area (Å²) in [4.78, 5) is 23.0. The average molecular weight is 274 g/mol. The largest absolute Gasteiger partial charge is 0.467 e. The molecule has 2 aromatic rings. The summed E-state index contributed by atoms with van der Waals surface area (Å²) < 4.78 is 9.71. The van der Waals surface area contributed by atoms with Gasteiger partial charge >= 0.3 is 12.0 Å². The molecule has 0 aliphatic carbocycles. The third-order valence-corrected chi connectivity index (χ3v) is 2.54. The fraction of sp³-hybridized carbons (Fsp3) is 0.143. The van der Waals surface area contributed by atoms with Crippen molar-refractivity contribution in [3.8, 4) is 0 Å². The predicted octanol–water partition coefficient (Wildman–Crippen LogP) is 2.39. The smallest absolute Gasteiger partial charge is 0.337 e. The lowest BCUT2D eigenvalue weighted by molar-refractivity contribution is 0.0600. The van der Waals surface area contributed by atoms with Crippen molar-refractivity contribution in [2.45, 2.75) is 6.54 Å². The van der Waals surface area contributed by atoms with Crippen LogP contribution in [-0.4, -0.2) is 19.1 Å². The standard InChI is InChI=1S/C14H14N2O4/c1-19-13(17)10-4-2-5-11(8-10)16-14(18)15-9-12-6-3-7-20-12/h2-8H,9H2,1H3,(H2,15,16,18). The van der Waals surface area contributed by atoms with Gasteiger partial charge in [-0.25, -0.2) is 9.59 Å². The second kappa shape index (κ2) is 6.42. The molecule has 0 aliphatic heterocycles. The number of nitrogens with one attached hydrogen (secondary N) is 2. The highest BCUT2D eigenvalue weighted by molar-refractivity contribution is 5.93. The molecule has 0 saturated carbocycles. The van der Waals surface area contributed by atoms with E-state index in [-0.39, 0.29) is 12.6 Å². The molecule has 0 saturated heterocycles. The molecule has 0 spiro atoms. The molecule has 20 heavy (non-hydrogen) atoms. The maximum absolute atomic E-state index is 11.7. The topological polar surface area (TPSA) is 80.6 Å². The summed E-state index contributed by atoms with van der Waals surface area (Å²) >= 11 is 0. The van der Waals surface area contributed by atoms with Crippen molar-refractivity contribution in [2.75, 3.05) is 12.4 Å². The van der Waals surface area contributed by atoms with Crippen LogP contribution in [0.5, 0.6) is 0 Å². The van der Waals surface area contributed by atoms with Gasteiger partial charge in [-0.3, -0.25) is 0 Å². The van der Waals surface area contributed by atoms with E-state index in [2.05, 4.69) is 15.4 Å². The number of carbonyl (C=O) groups is 2. The molecule has 0 bridgehead atoms. The summed E-state index contributed by atoms with van der Waals surface area (Å²) in [5.74, 6) is 0.202. The number of amides is 2. The molecule has 104 valence electrons. The Morgan fingerprint density at radius 3 is 2.80 bits per heavy atom. The highest BCUT2D eigenvalue weighted by Crippen LogP contribution is 2.11. The lowest BCUT2D eigenvalue weighted by Gasteiger charge is -2.07. The summed E-state index contributed by atoms with van der Waals surface area (Å²) in [5.41, 5.74) is 0.876. The Morgan fingerprint density at radius 1 is 1.25 bits per heavy atom. The third kappa shape index (κ3) is 3.61. The van der Waals surface area contributed by atoms with Gasteiger partial charge in [0.2, 0.25) is 0 Å². The van der Waals surface area contributed by atoms with E-state index < -0.39 is 5.97 Å². The Hall–Kier alpha value is -2.76. The molecule has 1 aromatic heterocycles. The quantitative estimate of drug-likeness (QED) is 0.839. The first-order chi connectivity index (χ1) is 9.69. The molecule has 2 N–H and O–H groups in total. The number of furan rings is 1. The van der Waals surface area contributed by atoms with Gasteiger partial charge < -0.3 is 19.8 Å².